The highest BCUT2D eigenvalue weighted by Crippen LogP contribution is 2.47. The van der Waals surface area contributed by atoms with E-state index in [0.717, 1.165) is 35.5 Å². The van der Waals surface area contributed by atoms with Crippen LogP contribution in [0.5, 0.6) is 0 Å². The summed E-state index contributed by atoms with van der Waals surface area (Å²) in [5, 5.41) is 3.49. The van der Waals surface area contributed by atoms with Crippen LogP contribution in [-0.4, -0.2) is 0 Å². The molecule has 2 aliphatic rings. The van der Waals surface area contributed by atoms with Crippen LogP contribution in [-0.2, 0) is 0 Å². The first-order valence-corrected chi connectivity index (χ1v) is 10.3. The Kier molecular flexibility index (Phi) is 4.86. The Hall–Kier alpha value is -3.72. The summed E-state index contributed by atoms with van der Waals surface area (Å²) in [4.78, 5) is 14.1. The van der Waals surface area contributed by atoms with Crippen LogP contribution in [0.15, 0.2) is 119 Å². The van der Waals surface area contributed by atoms with Gasteiger partial charge in [-0.05, 0) is 64.9 Å². The zero-order valence-corrected chi connectivity index (χ0v) is 16.7. The highest BCUT2D eigenvalue weighted by atomic mass is 16.3. The number of nitroso groups, excluding NO2 is 1. The Morgan fingerprint density at radius 2 is 1.30 bits per heavy atom. The second kappa shape index (κ2) is 7.96. The number of benzene rings is 3. The molecule has 0 spiro atoms. The van der Waals surface area contributed by atoms with Crippen LogP contribution < -0.4 is 4.90 Å². The first kappa shape index (κ1) is 18.3. The van der Waals surface area contributed by atoms with Gasteiger partial charge in [0, 0.05) is 5.69 Å². The van der Waals surface area contributed by atoms with E-state index < -0.39 is 0 Å². The molecular formula is C27H22N2O. The lowest BCUT2D eigenvalue weighted by molar-refractivity contribution is 0.745. The van der Waals surface area contributed by atoms with Gasteiger partial charge in [0.2, 0.25) is 0 Å². The topological polar surface area (TPSA) is 32.7 Å². The molecule has 0 bridgehead atoms. The van der Waals surface area contributed by atoms with Crippen LogP contribution in [0, 0.1) is 4.91 Å². The van der Waals surface area contributed by atoms with Gasteiger partial charge in [0.05, 0.1) is 11.4 Å². The van der Waals surface area contributed by atoms with Crippen molar-refractivity contribution in [1.29, 1.82) is 0 Å². The summed E-state index contributed by atoms with van der Waals surface area (Å²) in [5.74, 6) is 0. The predicted octanol–water partition coefficient (Wildman–Crippen LogP) is 7.16. The molecule has 1 aliphatic carbocycles. The van der Waals surface area contributed by atoms with Crippen LogP contribution in [0.2, 0.25) is 0 Å². The molecule has 3 aromatic carbocycles. The van der Waals surface area contributed by atoms with Gasteiger partial charge >= 0.3 is 0 Å². The smallest absolute Gasteiger partial charge is 0.109 e. The van der Waals surface area contributed by atoms with E-state index >= 15 is 0 Å². The molecular weight excluding hydrogens is 368 g/mol. The third-order valence-corrected chi connectivity index (χ3v) is 5.75. The first-order valence-electron chi connectivity index (χ1n) is 10.3. The molecule has 0 N–H and O–H groups in total. The van der Waals surface area contributed by atoms with Gasteiger partial charge in [-0.3, -0.25) is 0 Å². The average molecular weight is 390 g/mol. The van der Waals surface area contributed by atoms with Gasteiger partial charge in [-0.2, -0.15) is 0 Å². The standard InChI is InChI=1S/C27H22N2O/c30-28-25-18-10-17-23-24(20-11-4-1-5-12-20)19-26(21-13-6-2-7-14-21)29(27(23)25)22-15-8-3-9-16-22/h1-9,11-16,19H,10,17-18H2. The lowest BCUT2D eigenvalue weighted by atomic mass is 9.84. The van der Waals surface area contributed by atoms with Gasteiger partial charge in [-0.1, -0.05) is 78.9 Å². The number of rotatable bonds is 4. The van der Waals surface area contributed by atoms with E-state index in [2.05, 4.69) is 76.8 Å². The number of hydrogen-bond donors (Lipinski definition) is 0. The Morgan fingerprint density at radius 3 is 1.93 bits per heavy atom. The summed E-state index contributed by atoms with van der Waals surface area (Å²) in [6.07, 6.45) is 4.84. The van der Waals surface area contributed by atoms with E-state index in [9.17, 15) is 4.91 Å². The first-order chi connectivity index (χ1) is 14.9. The molecule has 5 rings (SSSR count). The van der Waals surface area contributed by atoms with Crippen molar-refractivity contribution >= 4 is 17.0 Å². The summed E-state index contributed by atoms with van der Waals surface area (Å²) in [5.41, 5.74) is 8.33. The minimum atomic E-state index is 0.634. The summed E-state index contributed by atoms with van der Waals surface area (Å²) in [6, 6.07) is 31.1. The fourth-order valence-electron chi connectivity index (χ4n) is 4.41. The molecule has 0 atom stereocenters. The molecule has 0 fully saturated rings. The fourth-order valence-corrected chi connectivity index (χ4v) is 4.41. The van der Waals surface area contributed by atoms with Gasteiger partial charge in [0.25, 0.3) is 0 Å². The molecule has 3 aromatic rings. The molecule has 0 amide bonds. The minimum absolute atomic E-state index is 0.634. The van der Waals surface area contributed by atoms with Crippen molar-refractivity contribution in [2.24, 2.45) is 5.18 Å². The van der Waals surface area contributed by atoms with E-state index in [-0.39, 0.29) is 0 Å². The van der Waals surface area contributed by atoms with Gasteiger partial charge < -0.3 is 4.90 Å². The average Bonchev–Trinajstić information content (AvgIpc) is 2.84. The van der Waals surface area contributed by atoms with Crippen molar-refractivity contribution in [3.8, 4) is 0 Å². The summed E-state index contributed by atoms with van der Waals surface area (Å²) in [7, 11) is 0. The molecule has 1 aliphatic heterocycles. The minimum Gasteiger partial charge on any atom is -0.308 e. The predicted molar refractivity (Wildman–Crippen MR) is 123 cm³/mol. The number of allylic oxidation sites excluding steroid dienone is 4. The normalized spacial score (nSPS) is 16.3. The van der Waals surface area contributed by atoms with E-state index in [1.54, 1.807) is 0 Å². The van der Waals surface area contributed by atoms with Crippen molar-refractivity contribution in [2.45, 2.75) is 19.3 Å². The Balaban J connectivity index is 1.83. The van der Waals surface area contributed by atoms with Crippen LogP contribution >= 0.6 is 0 Å². The molecule has 30 heavy (non-hydrogen) atoms. The van der Waals surface area contributed by atoms with Gasteiger partial charge in [-0.25, -0.2) is 0 Å². The lowest BCUT2D eigenvalue weighted by Gasteiger charge is -2.38. The van der Waals surface area contributed by atoms with Crippen LogP contribution in [0.1, 0.15) is 30.4 Å². The van der Waals surface area contributed by atoms with E-state index in [1.165, 1.54) is 16.7 Å². The maximum atomic E-state index is 11.9. The van der Waals surface area contributed by atoms with Gasteiger partial charge in [-0.15, -0.1) is 4.91 Å². The zero-order valence-electron chi connectivity index (χ0n) is 16.7. The van der Waals surface area contributed by atoms with E-state index in [1.807, 2.05) is 30.3 Å². The van der Waals surface area contributed by atoms with Crippen molar-refractivity contribution in [3.63, 3.8) is 0 Å². The number of nitrogens with zero attached hydrogens (tertiary/aromatic N) is 2. The van der Waals surface area contributed by atoms with E-state index in [0.29, 0.717) is 12.1 Å². The molecule has 0 unspecified atom stereocenters. The molecule has 1 heterocycles. The van der Waals surface area contributed by atoms with E-state index in [4.69, 9.17) is 0 Å². The number of fused-ring (bicyclic) bond motifs is 1. The summed E-state index contributed by atoms with van der Waals surface area (Å²) in [6.45, 7) is 0. The summed E-state index contributed by atoms with van der Waals surface area (Å²) >= 11 is 0. The zero-order chi connectivity index (χ0) is 20.3. The monoisotopic (exact) mass is 390 g/mol. The van der Waals surface area contributed by atoms with Crippen molar-refractivity contribution < 1.29 is 0 Å². The number of para-hydroxylation sites is 1. The van der Waals surface area contributed by atoms with Crippen molar-refractivity contribution in [3.05, 3.63) is 130 Å². The SMILES string of the molecule is O=NC1=C2C(=C(c3ccccc3)C=C(c3ccccc3)N2c2ccccc2)CCC1. The second-order valence-corrected chi connectivity index (χ2v) is 7.56. The second-order valence-electron chi connectivity index (χ2n) is 7.56. The highest BCUT2D eigenvalue weighted by Gasteiger charge is 2.33. The van der Waals surface area contributed by atoms with Crippen LogP contribution in [0.3, 0.4) is 0 Å². The van der Waals surface area contributed by atoms with Crippen molar-refractivity contribution in [2.75, 3.05) is 4.90 Å². The third-order valence-electron chi connectivity index (χ3n) is 5.75. The molecule has 0 saturated heterocycles. The largest absolute Gasteiger partial charge is 0.308 e. The number of hydrogen-bond acceptors (Lipinski definition) is 3. The van der Waals surface area contributed by atoms with Crippen molar-refractivity contribution in [1.82, 2.24) is 0 Å². The highest BCUT2D eigenvalue weighted by molar-refractivity contribution is 5.98. The maximum absolute atomic E-state index is 11.9. The Bertz CT molecular complexity index is 1160. The molecule has 3 heteroatoms. The van der Waals surface area contributed by atoms with Gasteiger partial charge in [0.1, 0.15) is 5.70 Å². The number of anilines is 1. The quantitative estimate of drug-likeness (QED) is 0.443. The molecule has 0 radical (unpaired) electrons. The molecule has 3 nitrogen and oxygen atoms in total. The fraction of sp³-hybridized carbons (Fsp3) is 0.111. The van der Waals surface area contributed by atoms with Crippen LogP contribution in [0.25, 0.3) is 11.3 Å². The molecule has 0 aromatic heterocycles. The third kappa shape index (κ3) is 3.18. The Labute approximate surface area is 176 Å². The van der Waals surface area contributed by atoms with Crippen LogP contribution in [0.4, 0.5) is 5.69 Å². The molecule has 0 saturated carbocycles. The van der Waals surface area contributed by atoms with Gasteiger partial charge in [0.15, 0.2) is 0 Å². The lowest BCUT2D eigenvalue weighted by Crippen LogP contribution is -2.28. The maximum Gasteiger partial charge on any atom is 0.109 e. The summed E-state index contributed by atoms with van der Waals surface area (Å²) < 4.78 is 0. The Morgan fingerprint density at radius 1 is 0.700 bits per heavy atom. The molecule has 146 valence electrons.